The highest BCUT2D eigenvalue weighted by atomic mass is 16.4. The molecule has 3 atom stereocenters. The minimum Gasteiger partial charge on any atom is -0.481 e. The lowest BCUT2D eigenvalue weighted by Crippen LogP contribution is -2.41. The van der Waals surface area contributed by atoms with Crippen molar-refractivity contribution in [1.82, 2.24) is 4.90 Å². The first-order valence-electron chi connectivity index (χ1n) is 7.75. The van der Waals surface area contributed by atoms with E-state index < -0.39 is 24.0 Å². The third kappa shape index (κ3) is 6.17. The van der Waals surface area contributed by atoms with E-state index in [4.69, 9.17) is 15.9 Å². The van der Waals surface area contributed by atoms with Gasteiger partial charge in [-0.05, 0) is 26.2 Å². The maximum Gasteiger partial charge on any atom is 0.308 e. The van der Waals surface area contributed by atoms with Gasteiger partial charge in [0.25, 0.3) is 0 Å². The van der Waals surface area contributed by atoms with Crippen molar-refractivity contribution in [2.75, 3.05) is 26.3 Å². The topological polar surface area (TPSA) is 140 Å². The molecule has 0 aliphatic carbocycles. The van der Waals surface area contributed by atoms with Crippen molar-refractivity contribution in [3.8, 4) is 0 Å². The highest BCUT2D eigenvalue weighted by Gasteiger charge is 2.34. The highest BCUT2D eigenvalue weighted by Crippen LogP contribution is 2.21. The SMILES string of the molecule is C/C(=C/CC[C@@H](C(=O)O)[C@@H]1CN(CC(O)CCO)C(N)=N1)CO. The molecule has 0 aromatic heterocycles. The largest absolute Gasteiger partial charge is 0.481 e. The predicted molar refractivity (Wildman–Crippen MR) is 85.9 cm³/mol. The highest BCUT2D eigenvalue weighted by molar-refractivity contribution is 5.81. The van der Waals surface area contributed by atoms with Crippen molar-refractivity contribution in [3.05, 3.63) is 11.6 Å². The number of carbonyl (C=O) groups is 1. The number of aliphatic hydroxyl groups excluding tert-OH is 3. The van der Waals surface area contributed by atoms with Crippen LogP contribution in [0.4, 0.5) is 0 Å². The van der Waals surface area contributed by atoms with Gasteiger partial charge < -0.3 is 31.1 Å². The van der Waals surface area contributed by atoms with Crippen molar-refractivity contribution in [3.63, 3.8) is 0 Å². The van der Waals surface area contributed by atoms with E-state index in [1.54, 1.807) is 11.8 Å². The fourth-order valence-corrected chi connectivity index (χ4v) is 2.55. The Hall–Kier alpha value is -1.64. The fourth-order valence-electron chi connectivity index (χ4n) is 2.55. The van der Waals surface area contributed by atoms with E-state index in [1.165, 1.54) is 0 Å². The minimum absolute atomic E-state index is 0.0389. The minimum atomic E-state index is -0.931. The molecule has 0 amide bonds. The predicted octanol–water partition coefficient (Wildman–Crippen LogP) is -0.852. The van der Waals surface area contributed by atoms with E-state index in [1.807, 2.05) is 6.08 Å². The fraction of sp³-hybridized carbons (Fsp3) is 0.733. The van der Waals surface area contributed by atoms with Crippen molar-refractivity contribution in [1.29, 1.82) is 0 Å². The van der Waals surface area contributed by atoms with Crippen LogP contribution in [-0.4, -0.2) is 75.7 Å². The summed E-state index contributed by atoms with van der Waals surface area (Å²) in [5.74, 6) is -1.38. The number of aliphatic carboxylic acids is 1. The molecule has 8 heteroatoms. The van der Waals surface area contributed by atoms with Crippen LogP contribution in [-0.2, 0) is 4.79 Å². The molecule has 1 heterocycles. The van der Waals surface area contributed by atoms with Gasteiger partial charge in [-0.25, -0.2) is 4.99 Å². The lowest BCUT2D eigenvalue weighted by molar-refractivity contribution is -0.142. The van der Waals surface area contributed by atoms with E-state index in [0.29, 0.717) is 19.4 Å². The lowest BCUT2D eigenvalue weighted by Gasteiger charge is -2.23. The zero-order chi connectivity index (χ0) is 17.4. The van der Waals surface area contributed by atoms with Crippen LogP contribution in [0.5, 0.6) is 0 Å². The van der Waals surface area contributed by atoms with Gasteiger partial charge in [0.05, 0.1) is 24.7 Å². The zero-order valence-electron chi connectivity index (χ0n) is 13.4. The number of hydrogen-bond donors (Lipinski definition) is 5. The van der Waals surface area contributed by atoms with Crippen molar-refractivity contribution < 1.29 is 25.2 Å². The number of rotatable bonds is 10. The average Bonchev–Trinajstić information content (AvgIpc) is 2.83. The standard InChI is InChI=1S/C15H27N3O5/c1-10(9-20)3-2-4-12(14(22)23)13-8-18(15(16)17-13)7-11(21)5-6-19/h3,11-13,19-21H,2,4-9H2,1H3,(H2,16,17)(H,22,23)/b10-3-/t11?,12-,13+/m1/s1. The second-order valence-electron chi connectivity index (χ2n) is 5.86. The van der Waals surface area contributed by atoms with Gasteiger partial charge in [0.1, 0.15) is 0 Å². The molecular weight excluding hydrogens is 302 g/mol. The molecule has 0 saturated heterocycles. The summed E-state index contributed by atoms with van der Waals surface area (Å²) in [4.78, 5) is 17.4. The Morgan fingerprint density at radius 2 is 2.17 bits per heavy atom. The van der Waals surface area contributed by atoms with Gasteiger partial charge in [-0.1, -0.05) is 11.6 Å². The van der Waals surface area contributed by atoms with Gasteiger partial charge in [-0.3, -0.25) is 4.79 Å². The van der Waals surface area contributed by atoms with Crippen LogP contribution in [0.25, 0.3) is 0 Å². The molecule has 0 spiro atoms. The van der Waals surface area contributed by atoms with Crippen molar-refractivity contribution in [2.24, 2.45) is 16.6 Å². The summed E-state index contributed by atoms with van der Waals surface area (Å²) >= 11 is 0. The Morgan fingerprint density at radius 1 is 1.48 bits per heavy atom. The zero-order valence-corrected chi connectivity index (χ0v) is 13.4. The van der Waals surface area contributed by atoms with Crippen LogP contribution in [0.2, 0.25) is 0 Å². The summed E-state index contributed by atoms with van der Waals surface area (Å²) < 4.78 is 0. The lowest BCUT2D eigenvalue weighted by atomic mass is 9.94. The molecule has 8 nitrogen and oxygen atoms in total. The van der Waals surface area contributed by atoms with Crippen LogP contribution < -0.4 is 5.73 Å². The number of nitrogens with zero attached hydrogens (tertiary/aromatic N) is 2. The molecule has 0 radical (unpaired) electrons. The summed E-state index contributed by atoms with van der Waals surface area (Å²) in [7, 11) is 0. The molecule has 23 heavy (non-hydrogen) atoms. The maximum absolute atomic E-state index is 11.5. The summed E-state index contributed by atoms with van der Waals surface area (Å²) in [6.07, 6.45) is 2.28. The maximum atomic E-state index is 11.5. The second kappa shape index (κ2) is 9.49. The summed E-state index contributed by atoms with van der Waals surface area (Å²) in [6, 6.07) is -0.461. The first-order valence-corrected chi connectivity index (χ1v) is 7.75. The van der Waals surface area contributed by atoms with Gasteiger partial charge in [0, 0.05) is 19.7 Å². The van der Waals surface area contributed by atoms with E-state index in [2.05, 4.69) is 4.99 Å². The Kier molecular flexibility index (Phi) is 8.01. The molecule has 0 aromatic carbocycles. The number of aliphatic imine (C=N–C) groups is 1. The van der Waals surface area contributed by atoms with Gasteiger partial charge >= 0.3 is 5.97 Å². The second-order valence-corrected chi connectivity index (χ2v) is 5.86. The van der Waals surface area contributed by atoms with E-state index in [0.717, 1.165) is 5.57 Å². The van der Waals surface area contributed by atoms with Crippen molar-refractivity contribution >= 4 is 11.9 Å². The molecule has 1 unspecified atom stereocenters. The Bertz CT molecular complexity index is 452. The van der Waals surface area contributed by atoms with E-state index in [-0.39, 0.29) is 32.1 Å². The number of hydrogen-bond acceptors (Lipinski definition) is 7. The van der Waals surface area contributed by atoms with Gasteiger partial charge in [0.2, 0.25) is 0 Å². The molecule has 0 aromatic rings. The number of aliphatic hydroxyl groups is 3. The van der Waals surface area contributed by atoms with Crippen LogP contribution in [0.15, 0.2) is 16.6 Å². The van der Waals surface area contributed by atoms with Crippen LogP contribution in [0.3, 0.4) is 0 Å². The van der Waals surface area contributed by atoms with E-state index in [9.17, 15) is 15.0 Å². The van der Waals surface area contributed by atoms with Crippen LogP contribution in [0.1, 0.15) is 26.2 Å². The van der Waals surface area contributed by atoms with Crippen LogP contribution in [0, 0.1) is 5.92 Å². The Labute approximate surface area is 135 Å². The molecule has 132 valence electrons. The van der Waals surface area contributed by atoms with E-state index >= 15 is 0 Å². The first kappa shape index (κ1) is 19.4. The number of β-amino-alcohol motifs (C(OH)–C–C–N with tert-alkyl or cyclic N) is 1. The molecule has 1 aliphatic rings. The Balaban J connectivity index is 2.62. The molecular formula is C15H27N3O5. The number of carboxylic acids is 1. The van der Waals surface area contributed by atoms with Crippen molar-refractivity contribution in [2.45, 2.75) is 38.3 Å². The molecule has 6 N–H and O–H groups in total. The number of nitrogens with two attached hydrogens (primary N) is 1. The van der Waals surface area contributed by atoms with Gasteiger partial charge in [-0.2, -0.15) is 0 Å². The van der Waals surface area contributed by atoms with Crippen LogP contribution >= 0.6 is 0 Å². The Morgan fingerprint density at radius 3 is 2.74 bits per heavy atom. The van der Waals surface area contributed by atoms with Gasteiger partial charge in [-0.15, -0.1) is 0 Å². The third-order valence-corrected chi connectivity index (χ3v) is 3.92. The van der Waals surface area contributed by atoms with Gasteiger partial charge in [0.15, 0.2) is 5.96 Å². The first-order chi connectivity index (χ1) is 10.9. The number of guanidine groups is 1. The molecule has 0 fully saturated rings. The smallest absolute Gasteiger partial charge is 0.308 e. The average molecular weight is 329 g/mol. The normalized spacial score (nSPS) is 21.2. The molecule has 0 bridgehead atoms. The summed E-state index contributed by atoms with van der Waals surface area (Å²) in [5.41, 5.74) is 6.62. The monoisotopic (exact) mass is 329 g/mol. The quantitative estimate of drug-likeness (QED) is 0.329. The summed E-state index contributed by atoms with van der Waals surface area (Å²) in [6.45, 7) is 2.19. The number of allylic oxidation sites excluding steroid dienone is 1. The summed E-state index contributed by atoms with van der Waals surface area (Å²) in [5, 5.41) is 36.9. The number of carboxylic acid groups (broad SMARTS) is 1. The molecule has 1 aliphatic heterocycles. The molecule has 0 saturated carbocycles. The third-order valence-electron chi connectivity index (χ3n) is 3.92. The molecule has 1 rings (SSSR count).